The van der Waals surface area contributed by atoms with Gasteiger partial charge in [-0.2, -0.15) is 4.98 Å². The van der Waals surface area contributed by atoms with Crippen molar-refractivity contribution in [2.75, 3.05) is 10.2 Å². The second-order valence-corrected chi connectivity index (χ2v) is 7.18. The lowest BCUT2D eigenvalue weighted by molar-refractivity contribution is -0.122. The molecule has 2 amide bonds. The Kier molecular flexibility index (Phi) is 3.50. The number of fused-ring (bicyclic) bond motifs is 2. The minimum Gasteiger partial charge on any atom is -0.329 e. The zero-order valence-corrected chi connectivity index (χ0v) is 14.9. The molecule has 3 heterocycles. The molecule has 7 nitrogen and oxygen atoms in total. The average Bonchev–Trinajstić information content (AvgIpc) is 3.21. The lowest BCUT2D eigenvalue weighted by atomic mass is 9.85. The van der Waals surface area contributed by atoms with Crippen molar-refractivity contribution in [2.24, 2.45) is 11.8 Å². The summed E-state index contributed by atoms with van der Waals surface area (Å²) >= 11 is 0. The summed E-state index contributed by atoms with van der Waals surface area (Å²) in [5, 5.41) is 7.73. The summed E-state index contributed by atoms with van der Waals surface area (Å²) in [6.45, 7) is 1.96. The standard InChI is InChI=1S/C20H19N5O2/c1-12-11-16(13-7-3-2-4-8-13)25-19(21-12)22-20(23-25)24-17(26)14-9-5-6-10-15(14)18(24)27/h2-8,11,14-16H,9-10H2,1H3,(H,21,22,23)/t14-,15-,16+/m0/s1. The molecule has 1 N–H and O–H groups in total. The molecule has 1 saturated heterocycles. The predicted molar refractivity (Wildman–Crippen MR) is 99.8 cm³/mol. The number of carbonyl (C=O) groups excluding carboxylic acids is 2. The van der Waals surface area contributed by atoms with Crippen LogP contribution in [0.15, 0.2) is 54.3 Å². The number of carbonyl (C=O) groups is 2. The Morgan fingerprint density at radius 2 is 1.70 bits per heavy atom. The zero-order chi connectivity index (χ0) is 18.5. The maximum absolute atomic E-state index is 12.8. The van der Waals surface area contributed by atoms with E-state index < -0.39 is 0 Å². The van der Waals surface area contributed by atoms with Gasteiger partial charge < -0.3 is 5.32 Å². The van der Waals surface area contributed by atoms with Gasteiger partial charge in [0.15, 0.2) is 0 Å². The summed E-state index contributed by atoms with van der Waals surface area (Å²) in [4.78, 5) is 31.3. The van der Waals surface area contributed by atoms with Crippen molar-refractivity contribution >= 4 is 23.7 Å². The number of nitrogens with one attached hydrogen (secondary N) is 1. The third-order valence-electron chi connectivity index (χ3n) is 5.45. The van der Waals surface area contributed by atoms with Crippen molar-refractivity contribution in [1.82, 2.24) is 14.8 Å². The van der Waals surface area contributed by atoms with Crippen LogP contribution in [0.2, 0.25) is 0 Å². The average molecular weight is 361 g/mol. The molecule has 27 heavy (non-hydrogen) atoms. The molecule has 1 fully saturated rings. The zero-order valence-electron chi connectivity index (χ0n) is 14.9. The van der Waals surface area contributed by atoms with Gasteiger partial charge in [0.05, 0.1) is 11.8 Å². The van der Waals surface area contributed by atoms with E-state index in [0.29, 0.717) is 18.8 Å². The van der Waals surface area contributed by atoms with E-state index in [-0.39, 0.29) is 35.6 Å². The van der Waals surface area contributed by atoms with Crippen LogP contribution in [-0.2, 0) is 9.59 Å². The van der Waals surface area contributed by atoms with Crippen molar-refractivity contribution in [3.8, 4) is 0 Å². The Hall–Kier alpha value is -3.22. The minimum atomic E-state index is -0.291. The van der Waals surface area contributed by atoms with E-state index in [2.05, 4.69) is 21.5 Å². The van der Waals surface area contributed by atoms with Crippen LogP contribution in [0.4, 0.5) is 11.9 Å². The van der Waals surface area contributed by atoms with E-state index in [1.54, 1.807) is 4.68 Å². The van der Waals surface area contributed by atoms with Crippen LogP contribution in [0.3, 0.4) is 0 Å². The minimum absolute atomic E-state index is 0.138. The number of anilines is 2. The molecule has 0 bridgehead atoms. The third kappa shape index (κ3) is 2.42. The highest BCUT2D eigenvalue weighted by atomic mass is 16.2. The van der Waals surface area contributed by atoms with Crippen LogP contribution in [0.1, 0.15) is 31.4 Å². The van der Waals surface area contributed by atoms with Crippen LogP contribution >= 0.6 is 0 Å². The van der Waals surface area contributed by atoms with Gasteiger partial charge >= 0.3 is 0 Å². The number of aromatic nitrogens is 3. The van der Waals surface area contributed by atoms with Crippen molar-refractivity contribution in [3.63, 3.8) is 0 Å². The Bertz CT molecular complexity index is 965. The number of nitrogens with zero attached hydrogens (tertiary/aromatic N) is 4. The largest absolute Gasteiger partial charge is 0.329 e. The van der Waals surface area contributed by atoms with Crippen molar-refractivity contribution in [1.29, 1.82) is 0 Å². The first-order valence-electron chi connectivity index (χ1n) is 9.13. The van der Waals surface area contributed by atoms with Crippen molar-refractivity contribution < 1.29 is 9.59 Å². The molecule has 136 valence electrons. The molecule has 7 heteroatoms. The second-order valence-electron chi connectivity index (χ2n) is 7.18. The normalized spacial score (nSPS) is 26.5. The van der Waals surface area contributed by atoms with Crippen LogP contribution in [-0.4, -0.2) is 26.6 Å². The molecular weight excluding hydrogens is 342 g/mol. The molecule has 0 unspecified atom stereocenters. The fourth-order valence-electron chi connectivity index (χ4n) is 4.10. The summed E-state index contributed by atoms with van der Waals surface area (Å²) < 4.78 is 1.73. The number of amides is 2. The van der Waals surface area contributed by atoms with E-state index in [0.717, 1.165) is 11.3 Å². The van der Waals surface area contributed by atoms with Gasteiger partial charge in [0.2, 0.25) is 17.8 Å². The Labute approximate surface area is 156 Å². The number of benzene rings is 1. The summed E-state index contributed by atoms with van der Waals surface area (Å²) in [7, 11) is 0. The smallest absolute Gasteiger partial charge is 0.260 e. The van der Waals surface area contributed by atoms with E-state index in [9.17, 15) is 9.59 Å². The third-order valence-corrected chi connectivity index (χ3v) is 5.45. The summed E-state index contributed by atoms with van der Waals surface area (Å²) in [5.41, 5.74) is 2.01. The van der Waals surface area contributed by atoms with Gasteiger partial charge in [-0.25, -0.2) is 9.58 Å². The van der Waals surface area contributed by atoms with Crippen LogP contribution in [0.5, 0.6) is 0 Å². The molecule has 0 spiro atoms. The highest BCUT2D eigenvalue weighted by Gasteiger charge is 2.49. The number of imide groups is 1. The van der Waals surface area contributed by atoms with Gasteiger partial charge in [-0.1, -0.05) is 42.5 Å². The summed E-state index contributed by atoms with van der Waals surface area (Å²) in [6.07, 6.45) is 7.21. The Balaban J connectivity index is 1.54. The van der Waals surface area contributed by atoms with E-state index in [1.165, 1.54) is 4.90 Å². The number of hydrogen-bond donors (Lipinski definition) is 1. The molecule has 0 saturated carbocycles. The van der Waals surface area contributed by atoms with Gasteiger partial charge in [0, 0.05) is 5.70 Å². The molecule has 1 aliphatic carbocycles. The highest BCUT2D eigenvalue weighted by molar-refractivity contribution is 6.21. The van der Waals surface area contributed by atoms with E-state index >= 15 is 0 Å². The lowest BCUT2D eigenvalue weighted by Crippen LogP contribution is -2.32. The van der Waals surface area contributed by atoms with Crippen LogP contribution in [0.25, 0.3) is 0 Å². The Morgan fingerprint density at radius 3 is 2.37 bits per heavy atom. The first-order chi connectivity index (χ1) is 13.1. The topological polar surface area (TPSA) is 80.1 Å². The first kappa shape index (κ1) is 16.0. The Morgan fingerprint density at radius 1 is 1.04 bits per heavy atom. The van der Waals surface area contributed by atoms with Gasteiger partial charge in [-0.15, -0.1) is 5.10 Å². The molecule has 0 radical (unpaired) electrons. The molecular formula is C20H19N5O2. The molecule has 2 aromatic rings. The number of hydrogen-bond acceptors (Lipinski definition) is 5. The van der Waals surface area contributed by atoms with Crippen molar-refractivity contribution in [3.05, 3.63) is 59.8 Å². The molecule has 5 rings (SSSR count). The van der Waals surface area contributed by atoms with Gasteiger partial charge in [-0.05, 0) is 31.4 Å². The van der Waals surface area contributed by atoms with Gasteiger partial charge in [0.1, 0.15) is 6.04 Å². The maximum atomic E-state index is 12.8. The SMILES string of the molecule is CC1=C[C@H](c2ccccc2)n2nc(N3C(=O)[C@H]4CC=CC[C@@H]4C3=O)nc2N1. The molecule has 1 aromatic carbocycles. The summed E-state index contributed by atoms with van der Waals surface area (Å²) in [5.74, 6) is -0.281. The van der Waals surface area contributed by atoms with E-state index in [1.807, 2.05) is 49.4 Å². The number of rotatable bonds is 2. The summed E-state index contributed by atoms with van der Waals surface area (Å²) in [6, 6.07) is 9.83. The maximum Gasteiger partial charge on any atom is 0.260 e. The van der Waals surface area contributed by atoms with Gasteiger partial charge in [-0.3, -0.25) is 9.59 Å². The molecule has 3 aliphatic rings. The second kappa shape index (κ2) is 5.90. The highest BCUT2D eigenvalue weighted by Crippen LogP contribution is 2.38. The molecule has 1 aromatic heterocycles. The quantitative estimate of drug-likeness (QED) is 0.657. The first-order valence-corrected chi connectivity index (χ1v) is 9.13. The number of allylic oxidation sites excluding steroid dienone is 4. The van der Waals surface area contributed by atoms with Gasteiger partial charge in [0.25, 0.3) is 5.95 Å². The van der Waals surface area contributed by atoms with Crippen LogP contribution in [0, 0.1) is 11.8 Å². The monoisotopic (exact) mass is 361 g/mol. The molecule has 2 aliphatic heterocycles. The molecule has 3 atom stereocenters. The lowest BCUT2D eigenvalue weighted by Gasteiger charge is -2.22. The van der Waals surface area contributed by atoms with Crippen molar-refractivity contribution in [2.45, 2.75) is 25.8 Å². The van der Waals surface area contributed by atoms with Crippen LogP contribution < -0.4 is 10.2 Å². The fourth-order valence-corrected chi connectivity index (χ4v) is 4.10. The fraction of sp³-hybridized carbons (Fsp3) is 0.300. The predicted octanol–water partition coefficient (Wildman–Crippen LogP) is 2.65. The van der Waals surface area contributed by atoms with E-state index in [4.69, 9.17) is 0 Å².